The van der Waals surface area contributed by atoms with Crippen LogP contribution in [0.25, 0.3) is 72.8 Å². The summed E-state index contributed by atoms with van der Waals surface area (Å²) in [4.78, 5) is 22.2. The van der Waals surface area contributed by atoms with Crippen LogP contribution in [0, 0.1) is 0 Å². The molecule has 0 saturated heterocycles. The highest BCUT2D eigenvalue weighted by atomic mass is 32.2. The molecule has 0 bridgehead atoms. The third-order valence-corrected chi connectivity index (χ3v) is 14.1. The summed E-state index contributed by atoms with van der Waals surface area (Å²) in [6.45, 7) is 0. The molecule has 7 heteroatoms. The van der Waals surface area contributed by atoms with E-state index in [0.29, 0.717) is 17.5 Å². The lowest BCUT2D eigenvalue weighted by molar-refractivity contribution is 1.07. The molecular formula is C63H42N6S. The van der Waals surface area contributed by atoms with E-state index in [-0.39, 0.29) is 0 Å². The molecule has 6 nitrogen and oxygen atoms in total. The van der Waals surface area contributed by atoms with Gasteiger partial charge in [-0.05, 0) is 114 Å². The normalized spacial score (nSPS) is 11.9. The van der Waals surface area contributed by atoms with Crippen molar-refractivity contribution in [3.63, 3.8) is 0 Å². The lowest BCUT2D eigenvalue weighted by Crippen LogP contribution is -2.15. The molecule has 1 aliphatic rings. The van der Waals surface area contributed by atoms with Crippen molar-refractivity contribution < 1.29 is 0 Å². The van der Waals surface area contributed by atoms with Crippen molar-refractivity contribution in [2.45, 2.75) is 9.79 Å². The number of hydrogen-bond acceptors (Lipinski definition) is 6. The molecule has 0 fully saturated rings. The van der Waals surface area contributed by atoms with Crippen LogP contribution in [0.4, 0.5) is 34.1 Å². The van der Waals surface area contributed by atoms with Crippen LogP contribution in [-0.2, 0) is 0 Å². The summed E-state index contributed by atoms with van der Waals surface area (Å²) >= 11 is 1.83. The Morgan fingerprint density at radius 3 is 1.51 bits per heavy atom. The summed E-state index contributed by atoms with van der Waals surface area (Å²) < 4.78 is 2.36. The van der Waals surface area contributed by atoms with E-state index in [4.69, 9.17) is 15.0 Å². The van der Waals surface area contributed by atoms with Gasteiger partial charge in [-0.2, -0.15) is 0 Å². The van der Waals surface area contributed by atoms with E-state index in [1.807, 2.05) is 72.4 Å². The topological polar surface area (TPSA) is 50.1 Å². The van der Waals surface area contributed by atoms with Crippen LogP contribution in [0.15, 0.2) is 265 Å². The van der Waals surface area contributed by atoms with Crippen LogP contribution >= 0.6 is 11.8 Å². The van der Waals surface area contributed by atoms with Crippen molar-refractivity contribution in [2.75, 3.05) is 9.80 Å². The average molecular weight is 915 g/mol. The maximum Gasteiger partial charge on any atom is 0.164 e. The molecule has 1 aliphatic heterocycles. The Morgan fingerprint density at radius 2 is 0.829 bits per heavy atom. The summed E-state index contributed by atoms with van der Waals surface area (Å²) in [6.07, 6.45) is 0. The van der Waals surface area contributed by atoms with Crippen molar-refractivity contribution in [1.82, 2.24) is 19.5 Å². The first kappa shape index (κ1) is 41.2. The predicted octanol–water partition coefficient (Wildman–Crippen LogP) is 17.0. The highest BCUT2D eigenvalue weighted by molar-refractivity contribution is 7.99. The van der Waals surface area contributed by atoms with E-state index in [2.05, 4.69) is 208 Å². The summed E-state index contributed by atoms with van der Waals surface area (Å²) in [7, 11) is 0. The van der Waals surface area contributed by atoms with Crippen LogP contribution in [0.5, 0.6) is 0 Å². The van der Waals surface area contributed by atoms with Crippen LogP contribution in [0.3, 0.4) is 0 Å². The fourth-order valence-corrected chi connectivity index (χ4v) is 10.8. The maximum absolute atomic E-state index is 5.05. The molecule has 2 aromatic heterocycles. The molecule has 0 unspecified atom stereocenters. The van der Waals surface area contributed by atoms with Gasteiger partial charge >= 0.3 is 0 Å². The zero-order valence-electron chi connectivity index (χ0n) is 37.8. The molecule has 0 saturated carbocycles. The first-order valence-corrected chi connectivity index (χ1v) is 24.2. The van der Waals surface area contributed by atoms with E-state index >= 15 is 0 Å². The Hall–Kier alpha value is -9.04. The third-order valence-electron chi connectivity index (χ3n) is 13.0. The van der Waals surface area contributed by atoms with Gasteiger partial charge in [-0.25, -0.2) is 15.0 Å². The molecular weight excluding hydrogens is 873 g/mol. The number of para-hydroxylation sites is 4. The minimum Gasteiger partial charge on any atom is -0.311 e. The third kappa shape index (κ3) is 7.46. The number of anilines is 6. The molecule has 3 heterocycles. The van der Waals surface area contributed by atoms with E-state index in [9.17, 15) is 0 Å². The van der Waals surface area contributed by atoms with E-state index in [0.717, 1.165) is 67.4 Å². The fraction of sp³-hybridized carbons (Fsp3) is 0. The van der Waals surface area contributed by atoms with Gasteiger partial charge in [-0.15, -0.1) is 0 Å². The number of benzene rings is 10. The Bertz CT molecular complexity index is 3760. The zero-order chi connectivity index (χ0) is 46.4. The molecule has 0 spiro atoms. The Kier molecular flexibility index (Phi) is 10.3. The highest BCUT2D eigenvalue weighted by Crippen LogP contribution is 2.53. The Morgan fingerprint density at radius 1 is 0.314 bits per heavy atom. The van der Waals surface area contributed by atoms with E-state index in [1.165, 1.54) is 31.8 Å². The molecule has 0 amide bonds. The van der Waals surface area contributed by atoms with Gasteiger partial charge in [0.15, 0.2) is 17.5 Å². The minimum absolute atomic E-state index is 0.624. The zero-order valence-corrected chi connectivity index (χ0v) is 38.7. The van der Waals surface area contributed by atoms with Crippen LogP contribution < -0.4 is 9.80 Å². The van der Waals surface area contributed by atoms with Crippen LogP contribution in [0.2, 0.25) is 0 Å². The predicted molar refractivity (Wildman–Crippen MR) is 289 cm³/mol. The lowest BCUT2D eigenvalue weighted by atomic mass is 10.0. The molecule has 70 heavy (non-hydrogen) atoms. The van der Waals surface area contributed by atoms with Crippen molar-refractivity contribution >= 4 is 67.7 Å². The largest absolute Gasteiger partial charge is 0.311 e. The second kappa shape index (κ2) is 17.6. The summed E-state index contributed by atoms with van der Waals surface area (Å²) in [5.74, 6) is 1.90. The van der Waals surface area contributed by atoms with Gasteiger partial charge in [0.2, 0.25) is 0 Å². The molecule has 0 radical (unpaired) electrons. The van der Waals surface area contributed by atoms with Crippen molar-refractivity contribution in [1.29, 1.82) is 0 Å². The lowest BCUT2D eigenvalue weighted by Gasteiger charge is -2.33. The van der Waals surface area contributed by atoms with Crippen LogP contribution in [0.1, 0.15) is 0 Å². The van der Waals surface area contributed by atoms with Crippen molar-refractivity contribution in [2.24, 2.45) is 0 Å². The summed E-state index contributed by atoms with van der Waals surface area (Å²) in [5.41, 5.74) is 15.2. The van der Waals surface area contributed by atoms with Gasteiger partial charge in [-0.3, -0.25) is 0 Å². The van der Waals surface area contributed by atoms with Gasteiger partial charge < -0.3 is 14.4 Å². The Labute approximate surface area is 410 Å². The monoisotopic (exact) mass is 914 g/mol. The second-order valence-electron chi connectivity index (χ2n) is 17.3. The van der Waals surface area contributed by atoms with Crippen LogP contribution in [-0.4, -0.2) is 19.5 Å². The Balaban J connectivity index is 0.869. The summed E-state index contributed by atoms with van der Waals surface area (Å²) in [5, 5.41) is 2.38. The number of fused-ring (bicyclic) bond motifs is 5. The van der Waals surface area contributed by atoms with E-state index in [1.54, 1.807) is 0 Å². The summed E-state index contributed by atoms with van der Waals surface area (Å²) in [6, 6.07) is 90.0. The number of hydrogen-bond donors (Lipinski definition) is 0. The number of aromatic nitrogens is 4. The highest BCUT2D eigenvalue weighted by Gasteiger charge is 2.26. The quantitative estimate of drug-likeness (QED) is 0.144. The number of rotatable bonds is 9. The fourth-order valence-electron chi connectivity index (χ4n) is 9.72. The van der Waals surface area contributed by atoms with Gasteiger partial charge in [0.25, 0.3) is 0 Å². The molecule has 330 valence electrons. The first-order valence-electron chi connectivity index (χ1n) is 23.4. The number of nitrogens with zero attached hydrogens (tertiary/aromatic N) is 6. The molecule has 12 aromatic rings. The van der Waals surface area contributed by atoms with Gasteiger partial charge in [0.1, 0.15) is 0 Å². The van der Waals surface area contributed by atoms with Gasteiger partial charge in [0, 0.05) is 65.7 Å². The minimum atomic E-state index is 0.624. The van der Waals surface area contributed by atoms with Gasteiger partial charge in [0.05, 0.1) is 22.4 Å². The maximum atomic E-state index is 5.05. The smallest absolute Gasteiger partial charge is 0.164 e. The SMILES string of the molecule is c1ccc(-c2nc(-c3ccccc3)nc(-c3cccc(-n4c5ccccc5c5cc(-c6ccc7c(c6)Sc6ccccc6N7c6ccc(N(c7ccccc7)c7ccccc7)cc6)ccc54)c3)n2)cc1. The second-order valence-corrected chi connectivity index (χ2v) is 18.4. The van der Waals surface area contributed by atoms with Gasteiger partial charge in [-0.1, -0.05) is 163 Å². The first-order chi connectivity index (χ1) is 34.7. The average Bonchev–Trinajstić information content (AvgIpc) is 3.77. The molecule has 0 aliphatic carbocycles. The van der Waals surface area contributed by atoms with Crippen molar-refractivity contribution in [3.05, 3.63) is 255 Å². The van der Waals surface area contributed by atoms with Crippen molar-refractivity contribution in [3.8, 4) is 51.0 Å². The standard InChI is InChI=1S/C63H42N6S/c1-5-18-43(19-6-1)61-64-62(44-20-7-2-8-21-44)66-63(65-61)47-22-17-27-52(40-47)69-55-29-14-13-28-53(55)54-41-45(32-38-56(54)69)46-33-39-58-60(42-46)70-59-31-16-15-30-57(59)68(58)51-36-34-50(35-37-51)67(48-23-9-3-10-24-48)49-25-11-4-12-26-49/h1-42H. The molecule has 10 aromatic carbocycles. The molecule has 13 rings (SSSR count). The van der Waals surface area contributed by atoms with E-state index < -0.39 is 0 Å². The molecule has 0 atom stereocenters. The molecule has 0 N–H and O–H groups in total.